The molecule has 4 heteroatoms. The Morgan fingerprint density at radius 3 is 2.24 bits per heavy atom. The zero-order chi connectivity index (χ0) is 18.9. The number of anilines is 1. The first-order valence-corrected chi connectivity index (χ1v) is 9.57. The van der Waals surface area contributed by atoms with Crippen LogP contribution in [-0.2, 0) is 9.53 Å². The highest BCUT2D eigenvalue weighted by atomic mass is 16.5. The molecule has 1 rings (SSSR count). The van der Waals surface area contributed by atoms with Gasteiger partial charge < -0.3 is 14.8 Å². The van der Waals surface area contributed by atoms with Gasteiger partial charge in [0, 0.05) is 12.3 Å². The summed E-state index contributed by atoms with van der Waals surface area (Å²) in [6.07, 6.45) is 4.93. The molecular weight excluding hydrogens is 314 g/mol. The van der Waals surface area contributed by atoms with E-state index in [4.69, 9.17) is 9.47 Å². The van der Waals surface area contributed by atoms with Crippen LogP contribution in [0.1, 0.15) is 70.9 Å². The summed E-state index contributed by atoms with van der Waals surface area (Å²) in [4.78, 5) is 12.8. The van der Waals surface area contributed by atoms with Crippen molar-refractivity contribution in [1.82, 2.24) is 0 Å². The lowest BCUT2D eigenvalue weighted by atomic mass is 9.96. The molecule has 0 aliphatic carbocycles. The van der Waals surface area contributed by atoms with E-state index in [2.05, 4.69) is 19.2 Å². The maximum atomic E-state index is 12.8. The van der Waals surface area contributed by atoms with Crippen molar-refractivity contribution in [1.29, 1.82) is 0 Å². The minimum absolute atomic E-state index is 0.0773. The summed E-state index contributed by atoms with van der Waals surface area (Å²) in [5.41, 5.74) is 2.08. The first-order valence-electron chi connectivity index (χ1n) is 9.57. The van der Waals surface area contributed by atoms with Crippen molar-refractivity contribution in [2.24, 2.45) is 0 Å². The third-order valence-electron chi connectivity index (χ3n) is 4.37. The zero-order valence-corrected chi connectivity index (χ0v) is 16.8. The van der Waals surface area contributed by atoms with Crippen LogP contribution in [0.2, 0.25) is 0 Å². The van der Waals surface area contributed by atoms with Gasteiger partial charge in [-0.3, -0.25) is 4.79 Å². The molecule has 0 saturated carbocycles. The van der Waals surface area contributed by atoms with Crippen LogP contribution in [0.15, 0.2) is 12.1 Å². The Morgan fingerprint density at radius 1 is 1.08 bits per heavy atom. The lowest BCUT2D eigenvalue weighted by Gasteiger charge is -2.28. The Bertz CT molecular complexity index is 533. The van der Waals surface area contributed by atoms with Crippen molar-refractivity contribution in [2.45, 2.75) is 79.2 Å². The van der Waals surface area contributed by atoms with Crippen molar-refractivity contribution in [2.75, 3.05) is 18.5 Å². The highest BCUT2D eigenvalue weighted by molar-refractivity contribution is 5.97. The lowest BCUT2D eigenvalue weighted by molar-refractivity contribution is -0.139. The monoisotopic (exact) mass is 349 g/mol. The molecule has 0 aliphatic rings. The standard InChI is InChI=1S/C21H35NO3/c1-7-10-11-12-21(6,25-9-3)20(23)22-18-14-16(4)19(17(5)15-18)24-13-8-2/h14-15H,7-13H2,1-6H3,(H,22,23). The number of benzene rings is 1. The summed E-state index contributed by atoms with van der Waals surface area (Å²) >= 11 is 0. The van der Waals surface area contributed by atoms with Gasteiger partial charge in [0.2, 0.25) is 0 Å². The summed E-state index contributed by atoms with van der Waals surface area (Å²) in [6, 6.07) is 3.93. The Hall–Kier alpha value is -1.55. The molecule has 0 spiro atoms. The molecule has 1 unspecified atom stereocenters. The number of nitrogens with one attached hydrogen (secondary N) is 1. The van der Waals surface area contributed by atoms with Crippen LogP contribution in [-0.4, -0.2) is 24.7 Å². The predicted octanol–water partition coefficient (Wildman–Crippen LogP) is 5.41. The van der Waals surface area contributed by atoms with Gasteiger partial charge in [0.15, 0.2) is 0 Å². The minimum Gasteiger partial charge on any atom is -0.493 e. The van der Waals surface area contributed by atoms with Gasteiger partial charge in [-0.2, -0.15) is 0 Å². The van der Waals surface area contributed by atoms with Crippen molar-refractivity contribution in [3.05, 3.63) is 23.3 Å². The smallest absolute Gasteiger partial charge is 0.256 e. The summed E-state index contributed by atoms with van der Waals surface area (Å²) in [6.45, 7) is 13.3. The largest absolute Gasteiger partial charge is 0.493 e. The van der Waals surface area contributed by atoms with Gasteiger partial charge in [0.25, 0.3) is 5.91 Å². The predicted molar refractivity (Wildman–Crippen MR) is 105 cm³/mol. The Labute approximate surface area is 153 Å². The summed E-state index contributed by atoms with van der Waals surface area (Å²) in [7, 11) is 0. The number of carbonyl (C=O) groups is 1. The SMILES string of the molecule is CCCCCC(C)(OCC)C(=O)Nc1cc(C)c(OCCC)c(C)c1. The van der Waals surface area contributed by atoms with Gasteiger partial charge in [-0.05, 0) is 63.8 Å². The second kappa shape index (κ2) is 10.4. The molecule has 0 radical (unpaired) electrons. The van der Waals surface area contributed by atoms with Crippen molar-refractivity contribution in [3.8, 4) is 5.75 Å². The Morgan fingerprint density at radius 2 is 1.72 bits per heavy atom. The van der Waals surface area contributed by atoms with E-state index < -0.39 is 5.60 Å². The molecule has 142 valence electrons. The summed E-state index contributed by atoms with van der Waals surface area (Å²) < 4.78 is 11.6. The van der Waals surface area contributed by atoms with E-state index in [1.165, 1.54) is 0 Å². The maximum absolute atomic E-state index is 12.8. The molecule has 1 N–H and O–H groups in total. The van der Waals surface area contributed by atoms with Crippen molar-refractivity contribution >= 4 is 11.6 Å². The molecule has 1 aromatic carbocycles. The number of carbonyl (C=O) groups excluding carboxylic acids is 1. The molecule has 0 saturated heterocycles. The van der Waals surface area contributed by atoms with Gasteiger partial charge in [0.05, 0.1) is 6.61 Å². The maximum Gasteiger partial charge on any atom is 0.256 e. The topological polar surface area (TPSA) is 47.6 Å². The van der Waals surface area contributed by atoms with Crippen LogP contribution in [0.25, 0.3) is 0 Å². The summed E-state index contributed by atoms with van der Waals surface area (Å²) in [5, 5.41) is 3.04. The number of unbranched alkanes of at least 4 members (excludes halogenated alkanes) is 2. The third-order valence-corrected chi connectivity index (χ3v) is 4.37. The molecule has 4 nitrogen and oxygen atoms in total. The van der Waals surface area contributed by atoms with E-state index in [0.717, 1.165) is 54.7 Å². The van der Waals surface area contributed by atoms with Crippen molar-refractivity contribution < 1.29 is 14.3 Å². The van der Waals surface area contributed by atoms with E-state index in [0.29, 0.717) is 13.2 Å². The van der Waals surface area contributed by atoms with E-state index in [9.17, 15) is 4.79 Å². The zero-order valence-electron chi connectivity index (χ0n) is 16.8. The van der Waals surface area contributed by atoms with Gasteiger partial charge >= 0.3 is 0 Å². The van der Waals surface area contributed by atoms with E-state index in [1.807, 2.05) is 39.8 Å². The molecule has 0 heterocycles. The first kappa shape index (κ1) is 21.5. The highest BCUT2D eigenvalue weighted by Crippen LogP contribution is 2.29. The third kappa shape index (κ3) is 6.35. The van der Waals surface area contributed by atoms with Gasteiger partial charge in [0.1, 0.15) is 11.4 Å². The minimum atomic E-state index is -0.789. The molecule has 0 aromatic heterocycles. The number of amides is 1. The fourth-order valence-electron chi connectivity index (χ4n) is 3.00. The molecule has 1 atom stereocenters. The second-order valence-corrected chi connectivity index (χ2v) is 6.86. The lowest BCUT2D eigenvalue weighted by Crippen LogP contribution is -2.42. The van der Waals surface area contributed by atoms with Gasteiger partial charge in [-0.1, -0.05) is 33.1 Å². The molecule has 0 fully saturated rings. The molecule has 1 aromatic rings. The average molecular weight is 350 g/mol. The van der Waals surface area contributed by atoms with E-state index in [-0.39, 0.29) is 5.91 Å². The quantitative estimate of drug-likeness (QED) is 0.544. The Kier molecular flexibility index (Phi) is 8.98. The number of hydrogen-bond donors (Lipinski definition) is 1. The second-order valence-electron chi connectivity index (χ2n) is 6.86. The van der Waals surface area contributed by atoms with Gasteiger partial charge in [-0.15, -0.1) is 0 Å². The molecule has 25 heavy (non-hydrogen) atoms. The summed E-state index contributed by atoms with van der Waals surface area (Å²) in [5.74, 6) is 0.835. The highest BCUT2D eigenvalue weighted by Gasteiger charge is 2.33. The van der Waals surface area contributed by atoms with E-state index >= 15 is 0 Å². The van der Waals surface area contributed by atoms with E-state index in [1.54, 1.807) is 0 Å². The van der Waals surface area contributed by atoms with Gasteiger partial charge in [-0.25, -0.2) is 0 Å². The van der Waals surface area contributed by atoms with Crippen LogP contribution in [0, 0.1) is 13.8 Å². The van der Waals surface area contributed by atoms with Crippen LogP contribution in [0.3, 0.4) is 0 Å². The molecule has 0 bridgehead atoms. The molecule has 0 aliphatic heterocycles. The van der Waals surface area contributed by atoms with Crippen molar-refractivity contribution in [3.63, 3.8) is 0 Å². The fourth-order valence-corrected chi connectivity index (χ4v) is 3.00. The fraction of sp³-hybridized carbons (Fsp3) is 0.667. The van der Waals surface area contributed by atoms with Crippen LogP contribution < -0.4 is 10.1 Å². The number of ether oxygens (including phenoxy) is 2. The van der Waals surface area contributed by atoms with Crippen LogP contribution in [0.4, 0.5) is 5.69 Å². The normalized spacial score (nSPS) is 13.4. The first-order chi connectivity index (χ1) is 11.9. The van der Waals surface area contributed by atoms with Crippen LogP contribution >= 0.6 is 0 Å². The Balaban J connectivity index is 2.89. The number of rotatable bonds is 11. The number of hydrogen-bond acceptors (Lipinski definition) is 3. The number of aryl methyl sites for hydroxylation is 2. The molecule has 1 amide bonds. The average Bonchev–Trinajstić information content (AvgIpc) is 2.54. The van der Waals surface area contributed by atoms with Crippen LogP contribution in [0.5, 0.6) is 5.75 Å². The molecular formula is C21H35NO3.